The van der Waals surface area contributed by atoms with E-state index in [1.54, 1.807) is 23.9 Å². The molecule has 2 fully saturated rings. The van der Waals surface area contributed by atoms with Crippen LogP contribution in [0.2, 0.25) is 0 Å². The standard InChI is InChI=1S/C11H21N3O4S/c1-13(2)10(15)14-4-9-5-18-8-11(9,7-14)6-12-19(3,16)17/h9,12H,4-8H2,1-3H3/t9-,11+/m1/s1. The van der Waals surface area contributed by atoms with Crippen molar-refractivity contribution in [3.63, 3.8) is 0 Å². The number of likely N-dealkylation sites (tertiary alicyclic amines) is 1. The van der Waals surface area contributed by atoms with E-state index in [4.69, 9.17) is 4.74 Å². The summed E-state index contributed by atoms with van der Waals surface area (Å²) in [6.45, 7) is 2.58. The summed E-state index contributed by atoms with van der Waals surface area (Å²) in [6, 6.07) is -0.0341. The van der Waals surface area contributed by atoms with Gasteiger partial charge in [-0.3, -0.25) is 0 Å². The minimum Gasteiger partial charge on any atom is -0.380 e. The highest BCUT2D eigenvalue weighted by Crippen LogP contribution is 2.41. The Balaban J connectivity index is 2.08. The molecular weight excluding hydrogens is 270 g/mol. The molecule has 0 bridgehead atoms. The second-order valence-electron chi connectivity index (χ2n) is 5.73. The van der Waals surface area contributed by atoms with Gasteiger partial charge in [-0.05, 0) is 0 Å². The third kappa shape index (κ3) is 3.01. The van der Waals surface area contributed by atoms with E-state index in [-0.39, 0.29) is 17.4 Å². The van der Waals surface area contributed by atoms with Crippen molar-refractivity contribution in [2.75, 3.05) is 53.2 Å². The Labute approximate surface area is 113 Å². The maximum Gasteiger partial charge on any atom is 0.319 e. The lowest BCUT2D eigenvalue weighted by Gasteiger charge is -2.27. The van der Waals surface area contributed by atoms with Gasteiger partial charge in [0.1, 0.15) is 0 Å². The summed E-state index contributed by atoms with van der Waals surface area (Å²) in [6.07, 6.45) is 1.14. The first-order chi connectivity index (χ1) is 8.73. The average molecular weight is 291 g/mol. The lowest BCUT2D eigenvalue weighted by atomic mass is 9.81. The molecule has 0 aromatic heterocycles. The monoisotopic (exact) mass is 291 g/mol. The number of amides is 2. The van der Waals surface area contributed by atoms with Crippen molar-refractivity contribution in [1.82, 2.24) is 14.5 Å². The van der Waals surface area contributed by atoms with Crippen LogP contribution in [0.4, 0.5) is 4.79 Å². The third-order valence-corrected chi connectivity index (χ3v) is 4.53. The Morgan fingerprint density at radius 2 is 2.21 bits per heavy atom. The Morgan fingerprint density at radius 3 is 2.79 bits per heavy atom. The van der Waals surface area contributed by atoms with E-state index in [2.05, 4.69) is 4.72 Å². The van der Waals surface area contributed by atoms with Crippen LogP contribution in [0.25, 0.3) is 0 Å². The topological polar surface area (TPSA) is 79.0 Å². The van der Waals surface area contributed by atoms with E-state index in [0.29, 0.717) is 32.8 Å². The van der Waals surface area contributed by atoms with E-state index in [0.717, 1.165) is 6.26 Å². The smallest absolute Gasteiger partial charge is 0.319 e. The molecule has 0 aromatic carbocycles. The zero-order valence-electron chi connectivity index (χ0n) is 11.5. The first-order valence-corrected chi connectivity index (χ1v) is 8.11. The van der Waals surface area contributed by atoms with Gasteiger partial charge in [-0.25, -0.2) is 17.9 Å². The minimum absolute atomic E-state index is 0.0341. The van der Waals surface area contributed by atoms with Crippen LogP contribution in [-0.4, -0.2) is 77.4 Å². The molecule has 110 valence electrons. The Morgan fingerprint density at radius 1 is 1.53 bits per heavy atom. The number of nitrogens with one attached hydrogen (secondary N) is 1. The van der Waals surface area contributed by atoms with Crippen LogP contribution in [0.5, 0.6) is 0 Å². The summed E-state index contributed by atoms with van der Waals surface area (Å²) in [4.78, 5) is 15.3. The predicted octanol–water partition coefficient (Wildman–Crippen LogP) is -0.834. The van der Waals surface area contributed by atoms with E-state index < -0.39 is 10.0 Å². The van der Waals surface area contributed by atoms with Crippen molar-refractivity contribution >= 4 is 16.1 Å². The minimum atomic E-state index is -3.23. The molecular formula is C11H21N3O4S. The van der Waals surface area contributed by atoms with Crippen LogP contribution in [0, 0.1) is 11.3 Å². The molecule has 2 heterocycles. The maximum absolute atomic E-state index is 12.0. The molecule has 0 unspecified atom stereocenters. The molecule has 1 N–H and O–H groups in total. The lowest BCUT2D eigenvalue weighted by molar-refractivity contribution is 0.126. The molecule has 2 atom stereocenters. The summed E-state index contributed by atoms with van der Waals surface area (Å²) in [5.74, 6) is 0.200. The van der Waals surface area contributed by atoms with Crippen LogP contribution >= 0.6 is 0 Å². The predicted molar refractivity (Wildman–Crippen MR) is 70.2 cm³/mol. The number of rotatable bonds is 3. The maximum atomic E-state index is 12.0. The van der Waals surface area contributed by atoms with E-state index in [1.807, 2.05) is 0 Å². The molecule has 0 spiro atoms. The Hall–Kier alpha value is -0.860. The lowest BCUT2D eigenvalue weighted by Crippen LogP contribution is -2.44. The van der Waals surface area contributed by atoms with E-state index >= 15 is 0 Å². The van der Waals surface area contributed by atoms with Crippen molar-refractivity contribution in [2.45, 2.75) is 0 Å². The van der Waals surface area contributed by atoms with Gasteiger partial charge in [-0.1, -0.05) is 0 Å². The molecule has 2 saturated heterocycles. The molecule has 2 rings (SSSR count). The molecule has 8 heteroatoms. The van der Waals surface area contributed by atoms with Crippen molar-refractivity contribution in [3.05, 3.63) is 0 Å². The fraction of sp³-hybridized carbons (Fsp3) is 0.909. The molecule has 2 aliphatic rings. The quantitative estimate of drug-likeness (QED) is 0.736. The average Bonchev–Trinajstić information content (AvgIpc) is 2.80. The number of hydrogen-bond acceptors (Lipinski definition) is 4. The third-order valence-electron chi connectivity index (χ3n) is 3.86. The van der Waals surface area contributed by atoms with Crippen molar-refractivity contribution in [2.24, 2.45) is 11.3 Å². The van der Waals surface area contributed by atoms with Crippen LogP contribution in [0.1, 0.15) is 0 Å². The molecule has 2 amide bonds. The van der Waals surface area contributed by atoms with Gasteiger partial charge in [-0.15, -0.1) is 0 Å². The highest BCUT2D eigenvalue weighted by Gasteiger charge is 2.52. The fourth-order valence-corrected chi connectivity index (χ4v) is 3.34. The molecule has 7 nitrogen and oxygen atoms in total. The number of carbonyl (C=O) groups excluding carboxylic acids is 1. The van der Waals surface area contributed by atoms with Gasteiger partial charge < -0.3 is 14.5 Å². The van der Waals surface area contributed by atoms with E-state index in [1.165, 1.54) is 0 Å². The molecule has 0 saturated carbocycles. The summed E-state index contributed by atoms with van der Waals surface area (Å²) < 4.78 is 30.5. The van der Waals surface area contributed by atoms with Crippen molar-refractivity contribution < 1.29 is 17.9 Å². The van der Waals surface area contributed by atoms with Gasteiger partial charge in [0.2, 0.25) is 10.0 Å². The largest absolute Gasteiger partial charge is 0.380 e. The highest BCUT2D eigenvalue weighted by atomic mass is 32.2. The summed E-state index contributed by atoms with van der Waals surface area (Å²) in [5.41, 5.74) is -0.283. The summed E-state index contributed by atoms with van der Waals surface area (Å²) in [7, 11) is 0.204. The Bertz CT molecular complexity index is 465. The van der Waals surface area contributed by atoms with Gasteiger partial charge in [-0.2, -0.15) is 0 Å². The van der Waals surface area contributed by atoms with Gasteiger partial charge in [0.05, 0.1) is 19.5 Å². The zero-order valence-corrected chi connectivity index (χ0v) is 12.4. The molecule has 0 aliphatic carbocycles. The number of carbonyl (C=O) groups is 1. The second kappa shape index (κ2) is 4.92. The van der Waals surface area contributed by atoms with Crippen LogP contribution in [0.15, 0.2) is 0 Å². The first-order valence-electron chi connectivity index (χ1n) is 6.22. The van der Waals surface area contributed by atoms with Crippen molar-refractivity contribution in [1.29, 1.82) is 0 Å². The van der Waals surface area contributed by atoms with Crippen molar-refractivity contribution in [3.8, 4) is 0 Å². The normalized spacial score (nSPS) is 30.5. The second-order valence-corrected chi connectivity index (χ2v) is 7.56. The number of ether oxygens (including phenoxy) is 1. The number of urea groups is 1. The summed E-state index contributed by atoms with van der Waals surface area (Å²) in [5, 5.41) is 0. The fourth-order valence-electron chi connectivity index (χ4n) is 2.79. The SMILES string of the molecule is CN(C)C(=O)N1C[C@@H]2COC[C@]2(CNS(C)(=O)=O)C1. The first kappa shape index (κ1) is 14.5. The zero-order chi connectivity index (χ0) is 14.3. The molecule has 2 aliphatic heterocycles. The van der Waals surface area contributed by atoms with Crippen LogP contribution in [-0.2, 0) is 14.8 Å². The number of fused-ring (bicyclic) bond motifs is 1. The number of hydrogen-bond donors (Lipinski definition) is 1. The number of sulfonamides is 1. The highest BCUT2D eigenvalue weighted by molar-refractivity contribution is 7.88. The molecule has 19 heavy (non-hydrogen) atoms. The van der Waals surface area contributed by atoms with Gasteiger partial charge in [0.25, 0.3) is 0 Å². The summed E-state index contributed by atoms with van der Waals surface area (Å²) >= 11 is 0. The van der Waals surface area contributed by atoms with Crippen LogP contribution in [0.3, 0.4) is 0 Å². The molecule has 0 aromatic rings. The van der Waals surface area contributed by atoms with E-state index in [9.17, 15) is 13.2 Å². The van der Waals surface area contributed by atoms with Crippen LogP contribution < -0.4 is 4.72 Å². The van der Waals surface area contributed by atoms with Gasteiger partial charge in [0.15, 0.2) is 0 Å². The Kier molecular flexibility index (Phi) is 3.76. The van der Waals surface area contributed by atoms with Gasteiger partial charge in [0, 0.05) is 45.1 Å². The number of nitrogens with zero attached hydrogens (tertiary/aromatic N) is 2. The molecule has 0 radical (unpaired) electrons. The van der Waals surface area contributed by atoms with Gasteiger partial charge >= 0.3 is 6.03 Å².